The number of nitrogens with two attached hydrogens (primary N) is 1. The van der Waals surface area contributed by atoms with Crippen molar-refractivity contribution in [2.24, 2.45) is 10.2 Å². The van der Waals surface area contributed by atoms with E-state index in [1.165, 1.54) is 19.2 Å². The first-order valence-electron chi connectivity index (χ1n) is 8.29. The minimum atomic E-state index is -4.57. The number of rotatable bonds is 5. The van der Waals surface area contributed by atoms with Crippen LogP contribution in [-0.4, -0.2) is 33.1 Å². The zero-order chi connectivity index (χ0) is 22.3. The largest absolute Gasteiger partial charge is 0.495 e. The quantitative estimate of drug-likeness (QED) is 0.300. The molecule has 0 aliphatic heterocycles. The molecule has 0 aliphatic rings. The van der Waals surface area contributed by atoms with Gasteiger partial charge >= 0.3 is 0 Å². The summed E-state index contributed by atoms with van der Waals surface area (Å²) < 4.78 is 70.1. The summed E-state index contributed by atoms with van der Waals surface area (Å²) in [4.78, 5) is -0.855. The van der Waals surface area contributed by atoms with Crippen molar-refractivity contribution in [3.63, 3.8) is 0 Å². The molecule has 0 unspecified atom stereocenters. The van der Waals surface area contributed by atoms with Crippen LogP contribution in [-0.2, 0) is 20.2 Å². The standard InChI is InChI=1S/C18H17N3O7S2/c1-10-5-15(19)18(28-2)9-16(10)20-21-17-8-13(30(25,26)27)6-11-3-4-12(7-14(11)17)29(22,23)24/h3-9H,19H2,1-2H3,(H,22,23,24)(H,25,26,27). The fourth-order valence-electron chi connectivity index (χ4n) is 2.77. The van der Waals surface area contributed by atoms with E-state index in [1.54, 1.807) is 13.0 Å². The highest BCUT2D eigenvalue weighted by Crippen LogP contribution is 2.35. The topological polar surface area (TPSA) is 169 Å². The maximum absolute atomic E-state index is 11.6. The minimum absolute atomic E-state index is 0.0409. The van der Waals surface area contributed by atoms with E-state index in [0.29, 0.717) is 22.7 Å². The molecule has 0 bridgehead atoms. The molecule has 12 heteroatoms. The lowest BCUT2D eigenvalue weighted by Gasteiger charge is -2.08. The van der Waals surface area contributed by atoms with Crippen molar-refractivity contribution in [2.45, 2.75) is 16.7 Å². The predicted molar refractivity (Wildman–Crippen MR) is 110 cm³/mol. The van der Waals surface area contributed by atoms with Gasteiger partial charge in [-0.05, 0) is 48.2 Å². The Hall–Kier alpha value is -3.06. The molecule has 10 nitrogen and oxygen atoms in total. The second-order valence-corrected chi connectivity index (χ2v) is 9.20. The molecule has 0 fully saturated rings. The van der Waals surface area contributed by atoms with Gasteiger partial charge in [-0.3, -0.25) is 9.11 Å². The van der Waals surface area contributed by atoms with Crippen molar-refractivity contribution in [1.29, 1.82) is 0 Å². The van der Waals surface area contributed by atoms with Crippen LogP contribution in [0.25, 0.3) is 10.8 Å². The van der Waals surface area contributed by atoms with Crippen LogP contribution in [0.15, 0.2) is 62.5 Å². The van der Waals surface area contributed by atoms with Crippen LogP contribution >= 0.6 is 0 Å². The zero-order valence-electron chi connectivity index (χ0n) is 15.8. The third-order valence-electron chi connectivity index (χ3n) is 4.29. The van der Waals surface area contributed by atoms with Crippen LogP contribution < -0.4 is 10.5 Å². The summed E-state index contributed by atoms with van der Waals surface area (Å²) in [5.41, 5.74) is 7.22. The molecular weight excluding hydrogens is 434 g/mol. The van der Waals surface area contributed by atoms with Crippen molar-refractivity contribution >= 4 is 48.1 Å². The summed E-state index contributed by atoms with van der Waals surface area (Å²) >= 11 is 0. The number of hydrogen-bond donors (Lipinski definition) is 3. The predicted octanol–water partition coefficient (Wildman–Crippen LogP) is 3.65. The SMILES string of the molecule is COc1cc(N=Nc2cc(S(=O)(=O)O)cc3ccc(S(=O)(=O)O)cc23)c(C)cc1N. The van der Waals surface area contributed by atoms with Crippen molar-refractivity contribution in [2.75, 3.05) is 12.8 Å². The lowest BCUT2D eigenvalue weighted by atomic mass is 10.1. The highest BCUT2D eigenvalue weighted by molar-refractivity contribution is 7.86. The third kappa shape index (κ3) is 4.41. The first kappa shape index (κ1) is 21.6. The van der Waals surface area contributed by atoms with Gasteiger partial charge < -0.3 is 10.5 Å². The Morgan fingerprint density at radius 2 is 1.50 bits per heavy atom. The lowest BCUT2D eigenvalue weighted by molar-refractivity contribution is 0.417. The maximum atomic E-state index is 11.6. The number of nitrogens with zero attached hydrogens (tertiary/aromatic N) is 2. The molecule has 0 aliphatic carbocycles. The molecule has 0 radical (unpaired) electrons. The molecule has 0 atom stereocenters. The molecule has 0 heterocycles. The summed E-state index contributed by atoms with van der Waals surface area (Å²) in [6, 6.07) is 8.85. The van der Waals surface area contributed by atoms with Gasteiger partial charge in [-0.15, -0.1) is 5.11 Å². The highest BCUT2D eigenvalue weighted by atomic mass is 32.2. The zero-order valence-corrected chi connectivity index (χ0v) is 17.4. The minimum Gasteiger partial charge on any atom is -0.495 e. The van der Waals surface area contributed by atoms with E-state index in [2.05, 4.69) is 10.2 Å². The van der Waals surface area contributed by atoms with Crippen LogP contribution in [0.3, 0.4) is 0 Å². The van der Waals surface area contributed by atoms with Crippen LogP contribution in [0, 0.1) is 6.92 Å². The summed E-state index contributed by atoms with van der Waals surface area (Å²) in [6.45, 7) is 1.73. The first-order valence-corrected chi connectivity index (χ1v) is 11.2. The van der Waals surface area contributed by atoms with Gasteiger partial charge in [-0.2, -0.15) is 21.9 Å². The summed E-state index contributed by atoms with van der Waals surface area (Å²) in [5.74, 6) is 0.361. The van der Waals surface area contributed by atoms with Gasteiger partial charge in [0, 0.05) is 11.5 Å². The number of anilines is 1. The molecule has 0 saturated carbocycles. The second-order valence-electron chi connectivity index (χ2n) is 6.36. The molecule has 158 valence electrons. The van der Waals surface area contributed by atoms with E-state index < -0.39 is 30.0 Å². The number of hydrogen-bond acceptors (Lipinski definition) is 8. The van der Waals surface area contributed by atoms with Gasteiger partial charge in [-0.25, -0.2) is 0 Å². The van der Waals surface area contributed by atoms with Crippen LogP contribution in [0.5, 0.6) is 5.75 Å². The van der Waals surface area contributed by atoms with Gasteiger partial charge in [0.15, 0.2) is 0 Å². The normalized spacial score (nSPS) is 12.5. The molecule has 3 aromatic rings. The fraction of sp³-hybridized carbons (Fsp3) is 0.111. The summed E-state index contributed by atoms with van der Waals surface area (Å²) in [7, 11) is -7.64. The molecule has 3 aromatic carbocycles. The van der Waals surface area contributed by atoms with Crippen LogP contribution in [0.4, 0.5) is 17.1 Å². The van der Waals surface area contributed by atoms with Crippen molar-refractivity contribution in [3.8, 4) is 5.75 Å². The van der Waals surface area contributed by atoms with Gasteiger partial charge in [0.25, 0.3) is 20.2 Å². The van der Waals surface area contributed by atoms with E-state index in [1.807, 2.05) is 0 Å². The van der Waals surface area contributed by atoms with Crippen molar-refractivity contribution < 1.29 is 30.7 Å². The average molecular weight is 451 g/mol. The monoisotopic (exact) mass is 451 g/mol. The summed E-state index contributed by atoms with van der Waals surface area (Å²) in [5, 5.41) is 8.59. The molecule has 30 heavy (non-hydrogen) atoms. The number of methoxy groups -OCH3 is 1. The molecule has 3 rings (SSSR count). The molecule has 0 aromatic heterocycles. The molecule has 0 amide bonds. The number of azo groups is 1. The second kappa shape index (κ2) is 7.65. The highest BCUT2D eigenvalue weighted by Gasteiger charge is 2.17. The Balaban J connectivity index is 2.26. The Labute approximate surface area is 172 Å². The Morgan fingerprint density at radius 1 is 0.867 bits per heavy atom. The smallest absolute Gasteiger partial charge is 0.294 e. The first-order chi connectivity index (χ1) is 13.9. The van der Waals surface area contributed by atoms with E-state index >= 15 is 0 Å². The number of benzene rings is 3. The van der Waals surface area contributed by atoms with Gasteiger partial charge in [0.05, 0.1) is 34.0 Å². The van der Waals surface area contributed by atoms with Crippen molar-refractivity contribution in [3.05, 3.63) is 48.0 Å². The van der Waals surface area contributed by atoms with E-state index in [9.17, 15) is 25.9 Å². The molecule has 0 spiro atoms. The maximum Gasteiger partial charge on any atom is 0.294 e. The third-order valence-corrected chi connectivity index (χ3v) is 5.97. The van der Waals surface area contributed by atoms with Crippen LogP contribution in [0.1, 0.15) is 5.56 Å². The Morgan fingerprint density at radius 3 is 2.10 bits per heavy atom. The van der Waals surface area contributed by atoms with E-state index in [4.69, 9.17) is 10.5 Å². The van der Waals surface area contributed by atoms with E-state index in [-0.39, 0.29) is 16.5 Å². The van der Waals surface area contributed by atoms with Crippen LogP contribution in [0.2, 0.25) is 0 Å². The lowest BCUT2D eigenvalue weighted by Crippen LogP contribution is -1.99. The van der Waals surface area contributed by atoms with E-state index in [0.717, 1.165) is 24.3 Å². The summed E-state index contributed by atoms with van der Waals surface area (Å²) in [6.07, 6.45) is 0. The molecule has 4 N–H and O–H groups in total. The Bertz CT molecular complexity index is 1400. The molecular formula is C18H17N3O7S2. The van der Waals surface area contributed by atoms with Gasteiger partial charge in [0.2, 0.25) is 0 Å². The number of fused-ring (bicyclic) bond motifs is 1. The van der Waals surface area contributed by atoms with Gasteiger partial charge in [0.1, 0.15) is 5.75 Å². The Kier molecular flexibility index (Phi) is 5.52. The number of nitrogen functional groups attached to an aromatic ring is 1. The number of ether oxygens (including phenoxy) is 1. The van der Waals surface area contributed by atoms with Gasteiger partial charge in [-0.1, -0.05) is 6.07 Å². The van der Waals surface area contributed by atoms with Crippen molar-refractivity contribution in [1.82, 2.24) is 0 Å². The molecule has 0 saturated heterocycles. The number of aryl methyl sites for hydroxylation is 1. The fourth-order valence-corrected chi connectivity index (χ4v) is 3.82. The average Bonchev–Trinajstić information content (AvgIpc) is 2.65.